The fourth-order valence-electron chi connectivity index (χ4n) is 3.82. The molecule has 1 N–H and O–H groups in total. The summed E-state index contributed by atoms with van der Waals surface area (Å²) in [5, 5.41) is 12.3. The van der Waals surface area contributed by atoms with E-state index in [0.717, 1.165) is 28.4 Å². The lowest BCUT2D eigenvalue weighted by molar-refractivity contribution is -0.157. The third-order valence-corrected chi connectivity index (χ3v) is 7.45. The zero-order valence-electron chi connectivity index (χ0n) is 22.9. The number of nitrogens with one attached hydrogen (secondary N) is 1. The molecule has 0 atom stereocenters. The molecule has 2 aromatic carbocycles. The van der Waals surface area contributed by atoms with Crippen LogP contribution in [-0.2, 0) is 35.3 Å². The van der Waals surface area contributed by atoms with Gasteiger partial charge in [-0.05, 0) is 42.5 Å². The third kappa shape index (κ3) is 8.21. The number of aromatic nitrogens is 2. The molecule has 0 aliphatic carbocycles. The number of nitrogens with zero attached hydrogens (tertiary/aromatic N) is 5. The van der Waals surface area contributed by atoms with Crippen molar-refractivity contribution in [2.24, 2.45) is 16.4 Å². The van der Waals surface area contributed by atoms with Crippen molar-refractivity contribution in [3.63, 3.8) is 0 Å². The Bertz CT molecular complexity index is 1570. The predicted molar refractivity (Wildman–Crippen MR) is 143 cm³/mol. The summed E-state index contributed by atoms with van der Waals surface area (Å²) >= 11 is 0. The summed E-state index contributed by atoms with van der Waals surface area (Å²) in [6, 6.07) is 12.6. The number of hydrogen-bond donors (Lipinski definition) is 1. The summed E-state index contributed by atoms with van der Waals surface area (Å²) < 4.78 is 78.3. The molecule has 0 unspecified atom stereocenters. The maximum Gasteiger partial charge on any atom is 0.435 e. The number of hydrogen-bond acceptors (Lipinski definition) is 10. The highest BCUT2D eigenvalue weighted by Gasteiger charge is 2.35. The van der Waals surface area contributed by atoms with E-state index < -0.39 is 34.0 Å². The van der Waals surface area contributed by atoms with Crippen molar-refractivity contribution in [1.82, 2.24) is 19.5 Å². The molecule has 13 nitrogen and oxygen atoms in total. The second-order valence-electron chi connectivity index (χ2n) is 9.41. The van der Waals surface area contributed by atoms with Gasteiger partial charge in [0.05, 0.1) is 22.9 Å². The average molecular weight is 625 g/mol. The monoisotopic (exact) mass is 624 g/mol. The topological polar surface area (TPSA) is 154 Å². The van der Waals surface area contributed by atoms with E-state index in [-0.39, 0.29) is 42.0 Å². The van der Waals surface area contributed by atoms with E-state index >= 15 is 0 Å². The minimum Gasteiger partial charge on any atom is -0.448 e. The van der Waals surface area contributed by atoms with E-state index in [4.69, 9.17) is 4.74 Å². The summed E-state index contributed by atoms with van der Waals surface area (Å²) in [6.45, 7) is 3.73. The fraction of sp³-hybridized carbons (Fsp3) is 0.346. The Morgan fingerprint density at radius 3 is 2.37 bits per heavy atom. The van der Waals surface area contributed by atoms with Gasteiger partial charge >= 0.3 is 18.2 Å². The van der Waals surface area contributed by atoms with Crippen molar-refractivity contribution in [1.29, 1.82) is 0 Å². The normalized spacial score (nSPS) is 13.9. The van der Waals surface area contributed by atoms with E-state index in [2.05, 4.69) is 25.2 Å². The largest absolute Gasteiger partial charge is 0.448 e. The minimum atomic E-state index is -4.69. The van der Waals surface area contributed by atoms with Crippen molar-refractivity contribution in [2.75, 3.05) is 26.5 Å². The van der Waals surface area contributed by atoms with Crippen LogP contribution in [0, 0.1) is 12.8 Å². The Morgan fingerprint density at radius 1 is 1.07 bits per heavy atom. The van der Waals surface area contributed by atoms with Gasteiger partial charge in [-0.2, -0.15) is 18.3 Å². The van der Waals surface area contributed by atoms with Crippen molar-refractivity contribution >= 4 is 22.1 Å². The first-order valence-corrected chi connectivity index (χ1v) is 14.3. The number of esters is 1. The zero-order valence-corrected chi connectivity index (χ0v) is 23.8. The number of sulfonamides is 1. The van der Waals surface area contributed by atoms with E-state index in [1.807, 2.05) is 6.92 Å². The van der Waals surface area contributed by atoms with Crippen LogP contribution in [0.5, 0.6) is 0 Å². The molecule has 1 aromatic heterocycles. The molecule has 0 bridgehead atoms. The first-order chi connectivity index (χ1) is 20.4. The van der Waals surface area contributed by atoms with Gasteiger partial charge in [-0.25, -0.2) is 22.6 Å². The molecule has 1 aliphatic rings. The van der Waals surface area contributed by atoms with Crippen molar-refractivity contribution in [3.8, 4) is 16.9 Å². The highest BCUT2D eigenvalue weighted by Crippen LogP contribution is 2.33. The quantitative estimate of drug-likeness (QED) is 0.107. The molecule has 3 aromatic rings. The number of halogens is 3. The summed E-state index contributed by atoms with van der Waals surface area (Å²) in [7, 11) is -4.35. The molecule has 1 aliphatic heterocycles. The third-order valence-electron chi connectivity index (χ3n) is 6.13. The fourth-order valence-corrected chi connectivity index (χ4v) is 4.71. The van der Waals surface area contributed by atoms with E-state index in [1.165, 1.54) is 17.1 Å². The molecule has 1 fully saturated rings. The van der Waals surface area contributed by atoms with E-state index in [9.17, 15) is 31.2 Å². The average Bonchev–Trinajstić information content (AvgIpc) is 3.40. The number of ether oxygens (including phenoxy) is 2. The SMILES string of the molecule is CCC(=O)OCON=NN1CC(COC(=O)NS(=O)(=O)c2ccc(-n3nc(C(F)(F)F)cc3-c3ccc(C)cc3)cc2)C1. The Labute approximate surface area is 244 Å². The van der Waals surface area contributed by atoms with Crippen LogP contribution in [0.4, 0.5) is 18.0 Å². The lowest BCUT2D eigenvalue weighted by atomic mass is 10.0. The van der Waals surface area contributed by atoms with Crippen LogP contribution in [0.25, 0.3) is 16.9 Å². The lowest BCUT2D eigenvalue weighted by Crippen LogP contribution is -2.46. The van der Waals surface area contributed by atoms with Gasteiger partial charge in [0.1, 0.15) is 0 Å². The van der Waals surface area contributed by atoms with Crippen molar-refractivity contribution in [3.05, 3.63) is 65.9 Å². The second-order valence-corrected chi connectivity index (χ2v) is 11.1. The Kier molecular flexibility index (Phi) is 9.53. The maximum atomic E-state index is 13.4. The van der Waals surface area contributed by atoms with Gasteiger partial charge in [0.2, 0.25) is 0 Å². The molecule has 17 heteroatoms. The van der Waals surface area contributed by atoms with Gasteiger partial charge in [0, 0.05) is 36.3 Å². The smallest absolute Gasteiger partial charge is 0.435 e. The Morgan fingerprint density at radius 2 is 1.74 bits per heavy atom. The summed E-state index contributed by atoms with van der Waals surface area (Å²) in [4.78, 5) is 27.5. The lowest BCUT2D eigenvalue weighted by Gasteiger charge is -2.34. The molecule has 230 valence electrons. The Hall–Kier alpha value is -4.67. The van der Waals surface area contributed by atoms with Crippen LogP contribution in [0.1, 0.15) is 24.6 Å². The molecule has 4 rings (SSSR count). The van der Waals surface area contributed by atoms with Crippen molar-refractivity contribution in [2.45, 2.75) is 31.3 Å². The molecule has 2 heterocycles. The van der Waals surface area contributed by atoms with Crippen LogP contribution in [-0.4, -0.2) is 61.8 Å². The predicted octanol–water partition coefficient (Wildman–Crippen LogP) is 4.42. The number of benzene rings is 2. The van der Waals surface area contributed by atoms with Crippen LogP contribution >= 0.6 is 0 Å². The summed E-state index contributed by atoms with van der Waals surface area (Å²) in [6.07, 6.45) is -5.69. The van der Waals surface area contributed by atoms with Gasteiger partial charge in [-0.3, -0.25) is 9.80 Å². The zero-order chi connectivity index (χ0) is 31.2. The number of carbonyl (C=O) groups is 2. The highest BCUT2D eigenvalue weighted by molar-refractivity contribution is 7.90. The standard InChI is InChI=1S/C26H27F3N6O7S/c1-3-24(36)41-16-42-33-32-34-13-18(14-34)15-40-25(37)31-43(38,39)21-10-8-20(9-11-21)35-22(12-23(30-35)26(27,28)29)19-6-4-17(2)5-7-19/h4-12,18H,3,13-16H2,1-2H3,(H,31,37). The van der Waals surface area contributed by atoms with E-state index in [0.29, 0.717) is 18.7 Å². The van der Waals surface area contributed by atoms with Crippen LogP contribution in [0.2, 0.25) is 0 Å². The molecule has 1 amide bonds. The number of alkyl halides is 3. The van der Waals surface area contributed by atoms with Crippen LogP contribution in [0.3, 0.4) is 0 Å². The number of aryl methyl sites for hydroxylation is 1. The number of amides is 1. The number of rotatable bonds is 11. The van der Waals surface area contributed by atoms with Crippen LogP contribution < -0.4 is 4.72 Å². The first-order valence-electron chi connectivity index (χ1n) is 12.8. The maximum absolute atomic E-state index is 13.4. The highest BCUT2D eigenvalue weighted by atomic mass is 32.2. The molecule has 0 spiro atoms. The van der Waals surface area contributed by atoms with Gasteiger partial charge < -0.3 is 14.3 Å². The minimum absolute atomic E-state index is 0.0933. The van der Waals surface area contributed by atoms with E-state index in [1.54, 1.807) is 35.9 Å². The molecule has 0 saturated carbocycles. The first kappa shape index (κ1) is 31.3. The summed E-state index contributed by atoms with van der Waals surface area (Å²) in [5.74, 6) is -0.582. The number of carbonyl (C=O) groups excluding carboxylic acids is 2. The molecule has 0 radical (unpaired) electrons. The Balaban J connectivity index is 1.32. The van der Waals surface area contributed by atoms with Gasteiger partial charge in [-0.15, -0.1) is 0 Å². The van der Waals surface area contributed by atoms with Crippen LogP contribution in [0.15, 0.2) is 70.0 Å². The van der Waals surface area contributed by atoms with Gasteiger partial charge in [0.15, 0.2) is 5.69 Å². The van der Waals surface area contributed by atoms with Gasteiger partial charge in [0.25, 0.3) is 16.8 Å². The summed E-state index contributed by atoms with van der Waals surface area (Å²) in [5.41, 5.74) is 0.625. The molecule has 43 heavy (non-hydrogen) atoms. The second kappa shape index (κ2) is 13.1. The molecule has 1 saturated heterocycles. The van der Waals surface area contributed by atoms with Gasteiger partial charge in [-0.1, -0.05) is 36.8 Å². The molecular weight excluding hydrogens is 597 g/mol. The molecular formula is C26H27F3N6O7S. The van der Waals surface area contributed by atoms with Crippen molar-refractivity contribution < 1.29 is 45.5 Å².